The van der Waals surface area contributed by atoms with Crippen molar-refractivity contribution in [2.24, 2.45) is 16.1 Å². The fourth-order valence-corrected chi connectivity index (χ4v) is 3.04. The molecular formula is C26H28N4O3. The number of hydrogen-bond donors (Lipinski definition) is 2. The summed E-state index contributed by atoms with van der Waals surface area (Å²) in [6, 6.07) is 25.1. The van der Waals surface area contributed by atoms with Crippen LogP contribution < -0.4 is 10.6 Å². The van der Waals surface area contributed by atoms with Gasteiger partial charge in [-0.2, -0.15) is 10.2 Å². The average Bonchev–Trinajstić information content (AvgIpc) is 2.86. The highest BCUT2D eigenvalue weighted by Crippen LogP contribution is 2.20. The van der Waals surface area contributed by atoms with Crippen molar-refractivity contribution in [3.63, 3.8) is 0 Å². The van der Waals surface area contributed by atoms with Crippen molar-refractivity contribution in [3.8, 4) is 0 Å². The van der Waals surface area contributed by atoms with Crippen LogP contribution in [0, 0.1) is 5.92 Å². The van der Waals surface area contributed by atoms with Crippen LogP contribution in [-0.4, -0.2) is 18.0 Å². The molecule has 3 aromatic rings. The van der Waals surface area contributed by atoms with Crippen molar-refractivity contribution < 1.29 is 14.3 Å². The third kappa shape index (κ3) is 7.57. The predicted octanol–water partition coefficient (Wildman–Crippen LogP) is 6.38. The van der Waals surface area contributed by atoms with E-state index < -0.39 is 12.1 Å². The van der Waals surface area contributed by atoms with E-state index in [0.717, 1.165) is 17.7 Å². The molecule has 2 N–H and O–H groups in total. The summed E-state index contributed by atoms with van der Waals surface area (Å²) >= 11 is 0. The van der Waals surface area contributed by atoms with Gasteiger partial charge in [-0.05, 0) is 47.9 Å². The third-order valence-electron chi connectivity index (χ3n) is 5.15. The number of nitrogens with one attached hydrogen (secondary N) is 2. The molecule has 3 rings (SSSR count). The molecule has 0 radical (unpaired) electrons. The lowest BCUT2D eigenvalue weighted by atomic mass is 9.98. The van der Waals surface area contributed by atoms with Crippen LogP contribution in [0.25, 0.3) is 0 Å². The first-order valence-corrected chi connectivity index (χ1v) is 10.9. The number of azo groups is 1. The van der Waals surface area contributed by atoms with Crippen molar-refractivity contribution in [2.45, 2.75) is 32.9 Å². The smallest absolute Gasteiger partial charge is 0.408 e. The third-order valence-corrected chi connectivity index (χ3v) is 5.15. The largest absolute Gasteiger partial charge is 0.445 e. The zero-order chi connectivity index (χ0) is 23.5. The van der Waals surface area contributed by atoms with E-state index in [4.69, 9.17) is 4.74 Å². The van der Waals surface area contributed by atoms with Gasteiger partial charge in [0, 0.05) is 5.69 Å². The highest BCUT2D eigenvalue weighted by atomic mass is 16.5. The summed E-state index contributed by atoms with van der Waals surface area (Å²) in [6.45, 7) is 4.02. The fourth-order valence-electron chi connectivity index (χ4n) is 3.04. The Hall–Kier alpha value is -4.00. The molecule has 33 heavy (non-hydrogen) atoms. The number of alkyl carbamates (subject to hydrolysis) is 1. The van der Waals surface area contributed by atoms with Gasteiger partial charge in [0.25, 0.3) is 0 Å². The molecule has 0 saturated carbocycles. The van der Waals surface area contributed by atoms with E-state index in [2.05, 4.69) is 20.9 Å². The van der Waals surface area contributed by atoms with E-state index in [-0.39, 0.29) is 18.4 Å². The summed E-state index contributed by atoms with van der Waals surface area (Å²) in [5, 5.41) is 13.9. The predicted molar refractivity (Wildman–Crippen MR) is 129 cm³/mol. The summed E-state index contributed by atoms with van der Waals surface area (Å²) < 4.78 is 5.28. The van der Waals surface area contributed by atoms with Crippen LogP contribution in [-0.2, 0) is 16.1 Å². The number of carbonyl (C=O) groups is 2. The summed E-state index contributed by atoms with van der Waals surface area (Å²) in [5.41, 5.74) is 2.91. The summed E-state index contributed by atoms with van der Waals surface area (Å²) in [7, 11) is 0. The molecule has 2 amide bonds. The Labute approximate surface area is 193 Å². The minimum Gasteiger partial charge on any atom is -0.445 e. The Balaban J connectivity index is 1.57. The molecule has 0 fully saturated rings. The lowest BCUT2D eigenvalue weighted by molar-refractivity contribution is -0.119. The van der Waals surface area contributed by atoms with Crippen LogP contribution in [0.4, 0.5) is 21.9 Å². The van der Waals surface area contributed by atoms with Crippen LogP contribution in [0.5, 0.6) is 0 Å². The van der Waals surface area contributed by atoms with Gasteiger partial charge in [-0.25, -0.2) is 4.79 Å². The molecular weight excluding hydrogens is 416 g/mol. The number of rotatable bonds is 9. The first kappa shape index (κ1) is 23.7. The molecule has 0 aliphatic heterocycles. The average molecular weight is 445 g/mol. The Morgan fingerprint density at radius 3 is 2.03 bits per heavy atom. The minimum atomic E-state index is -0.726. The number of carbonyl (C=O) groups excluding carboxylic acids is 2. The summed E-state index contributed by atoms with van der Waals surface area (Å²) in [4.78, 5) is 25.2. The van der Waals surface area contributed by atoms with Crippen molar-refractivity contribution in [1.82, 2.24) is 5.32 Å². The van der Waals surface area contributed by atoms with Gasteiger partial charge >= 0.3 is 6.09 Å². The number of benzene rings is 3. The Morgan fingerprint density at radius 2 is 1.42 bits per heavy atom. The molecule has 0 heterocycles. The van der Waals surface area contributed by atoms with E-state index in [1.54, 1.807) is 24.3 Å². The van der Waals surface area contributed by atoms with Crippen LogP contribution in [0.3, 0.4) is 0 Å². The normalized spacial score (nSPS) is 12.7. The number of nitrogens with zero attached hydrogens (tertiary/aromatic N) is 2. The second kappa shape index (κ2) is 12.1. The molecule has 0 aliphatic carbocycles. The topological polar surface area (TPSA) is 92.1 Å². The molecule has 0 spiro atoms. The first-order valence-electron chi connectivity index (χ1n) is 10.9. The molecule has 0 saturated heterocycles. The zero-order valence-corrected chi connectivity index (χ0v) is 18.8. The van der Waals surface area contributed by atoms with Crippen LogP contribution >= 0.6 is 0 Å². The Bertz CT molecular complexity index is 1050. The minimum absolute atomic E-state index is 0.0757. The quantitative estimate of drug-likeness (QED) is 0.375. The second-order valence-corrected chi connectivity index (χ2v) is 7.64. The molecule has 0 aliphatic rings. The van der Waals surface area contributed by atoms with Crippen molar-refractivity contribution in [3.05, 3.63) is 90.5 Å². The molecule has 2 atom stereocenters. The van der Waals surface area contributed by atoms with E-state index >= 15 is 0 Å². The van der Waals surface area contributed by atoms with Gasteiger partial charge in [-0.15, -0.1) is 0 Å². The van der Waals surface area contributed by atoms with Gasteiger partial charge in [-0.3, -0.25) is 4.79 Å². The maximum absolute atomic E-state index is 12.9. The molecule has 170 valence electrons. The van der Waals surface area contributed by atoms with Crippen molar-refractivity contribution >= 4 is 29.1 Å². The van der Waals surface area contributed by atoms with Gasteiger partial charge in [0.1, 0.15) is 12.6 Å². The molecule has 0 bridgehead atoms. The highest BCUT2D eigenvalue weighted by Gasteiger charge is 2.26. The number of anilines is 1. The lowest BCUT2D eigenvalue weighted by Crippen LogP contribution is -2.47. The zero-order valence-electron chi connectivity index (χ0n) is 18.8. The van der Waals surface area contributed by atoms with Crippen LogP contribution in [0.2, 0.25) is 0 Å². The van der Waals surface area contributed by atoms with Crippen molar-refractivity contribution in [1.29, 1.82) is 0 Å². The molecule has 7 heteroatoms. The molecule has 3 aromatic carbocycles. The van der Waals surface area contributed by atoms with Crippen molar-refractivity contribution in [2.75, 3.05) is 5.32 Å². The molecule has 0 unspecified atom stereocenters. The van der Waals surface area contributed by atoms with Gasteiger partial charge in [0.2, 0.25) is 5.91 Å². The highest BCUT2D eigenvalue weighted by molar-refractivity contribution is 5.96. The van der Waals surface area contributed by atoms with Crippen LogP contribution in [0.1, 0.15) is 25.8 Å². The number of amides is 2. The summed E-state index contributed by atoms with van der Waals surface area (Å²) in [5.74, 6) is -0.382. The molecule has 0 aromatic heterocycles. The standard InChI is InChI=1S/C26H28N4O3/c1-3-19(2)24(28-26(32)33-18-20-10-6-4-7-11-20)25(31)27-21-14-16-23(17-15-21)30-29-22-12-8-5-9-13-22/h4-17,19,24H,3,18H2,1-2H3,(H,27,31)(H,28,32)/t19-,24+/m0/s1. The molecule has 7 nitrogen and oxygen atoms in total. The first-order chi connectivity index (χ1) is 16.0. The monoisotopic (exact) mass is 444 g/mol. The number of hydrogen-bond acceptors (Lipinski definition) is 5. The fraction of sp³-hybridized carbons (Fsp3) is 0.231. The van der Waals surface area contributed by atoms with E-state index in [0.29, 0.717) is 11.4 Å². The van der Waals surface area contributed by atoms with Crippen LogP contribution in [0.15, 0.2) is 95.2 Å². The summed E-state index contributed by atoms with van der Waals surface area (Å²) in [6.07, 6.45) is 0.0894. The maximum Gasteiger partial charge on any atom is 0.408 e. The number of ether oxygens (including phenoxy) is 1. The van der Waals surface area contributed by atoms with E-state index in [9.17, 15) is 9.59 Å². The Kier molecular flexibility index (Phi) is 8.71. The van der Waals surface area contributed by atoms with Gasteiger partial charge in [0.05, 0.1) is 11.4 Å². The maximum atomic E-state index is 12.9. The lowest BCUT2D eigenvalue weighted by Gasteiger charge is -2.23. The van der Waals surface area contributed by atoms with Gasteiger partial charge in [0.15, 0.2) is 0 Å². The van der Waals surface area contributed by atoms with E-state index in [1.807, 2.05) is 74.5 Å². The SMILES string of the molecule is CC[C@H](C)[C@@H](NC(=O)OCc1ccccc1)C(=O)Nc1ccc(N=Nc2ccccc2)cc1. The Morgan fingerprint density at radius 1 is 0.848 bits per heavy atom. The van der Waals surface area contributed by atoms with Gasteiger partial charge in [-0.1, -0.05) is 68.8 Å². The second-order valence-electron chi connectivity index (χ2n) is 7.64. The van der Waals surface area contributed by atoms with Gasteiger partial charge < -0.3 is 15.4 Å². The van der Waals surface area contributed by atoms with E-state index in [1.165, 1.54) is 0 Å².